The number of nitrogens with one attached hydrogen (secondary N) is 1. The molecule has 0 aliphatic carbocycles. The van der Waals surface area contributed by atoms with Crippen LogP contribution in [0, 0.1) is 12.7 Å². The van der Waals surface area contributed by atoms with Crippen LogP contribution in [-0.4, -0.2) is 0 Å². The zero-order valence-electron chi connectivity index (χ0n) is 12.9. The minimum atomic E-state index is -0.183. The number of aryl methyl sites for hydroxylation is 1. The molecule has 1 nitrogen and oxygen atoms in total. The van der Waals surface area contributed by atoms with E-state index in [9.17, 15) is 4.39 Å². The average molecular weight is 285 g/mol. The van der Waals surface area contributed by atoms with Crippen molar-refractivity contribution in [3.63, 3.8) is 0 Å². The van der Waals surface area contributed by atoms with Crippen LogP contribution in [0.3, 0.4) is 0 Å². The van der Waals surface area contributed by atoms with Gasteiger partial charge in [-0.3, -0.25) is 0 Å². The van der Waals surface area contributed by atoms with Gasteiger partial charge < -0.3 is 5.32 Å². The van der Waals surface area contributed by atoms with E-state index in [1.54, 1.807) is 12.1 Å². The number of hydrogen-bond donors (Lipinski definition) is 1. The second kappa shape index (κ2) is 7.82. The van der Waals surface area contributed by atoms with Gasteiger partial charge in [-0.05, 0) is 42.7 Å². The van der Waals surface area contributed by atoms with Gasteiger partial charge in [0, 0.05) is 5.69 Å². The van der Waals surface area contributed by atoms with Crippen LogP contribution < -0.4 is 5.32 Å². The van der Waals surface area contributed by atoms with Crippen molar-refractivity contribution in [1.82, 2.24) is 0 Å². The van der Waals surface area contributed by atoms with Gasteiger partial charge in [-0.15, -0.1) is 0 Å². The lowest BCUT2D eigenvalue weighted by Gasteiger charge is -2.21. The summed E-state index contributed by atoms with van der Waals surface area (Å²) in [7, 11) is 0. The first-order valence-electron chi connectivity index (χ1n) is 7.77. The molecule has 0 aliphatic heterocycles. The summed E-state index contributed by atoms with van der Waals surface area (Å²) in [5.74, 6) is -0.183. The van der Waals surface area contributed by atoms with Gasteiger partial charge in [0.1, 0.15) is 5.82 Å². The summed E-state index contributed by atoms with van der Waals surface area (Å²) in [6.45, 7) is 4.13. The van der Waals surface area contributed by atoms with Gasteiger partial charge >= 0.3 is 0 Å². The molecule has 0 amide bonds. The second-order valence-corrected chi connectivity index (χ2v) is 5.62. The Morgan fingerprint density at radius 3 is 2.48 bits per heavy atom. The molecule has 2 rings (SSSR count). The molecule has 0 aromatic heterocycles. The maximum absolute atomic E-state index is 13.5. The molecular weight excluding hydrogens is 261 g/mol. The Morgan fingerprint density at radius 2 is 1.81 bits per heavy atom. The third-order valence-electron chi connectivity index (χ3n) is 3.68. The third-order valence-corrected chi connectivity index (χ3v) is 3.68. The number of halogens is 1. The summed E-state index contributed by atoms with van der Waals surface area (Å²) in [6.07, 6.45) is 4.68. The lowest BCUT2D eigenvalue weighted by molar-refractivity contribution is 0.603. The molecule has 0 saturated carbocycles. The monoisotopic (exact) mass is 285 g/mol. The van der Waals surface area contributed by atoms with Crippen LogP contribution >= 0.6 is 0 Å². The van der Waals surface area contributed by atoms with Crippen molar-refractivity contribution >= 4 is 5.69 Å². The molecule has 1 atom stereocenters. The standard InChI is InChI=1S/C19H24FN/c1-3-4-6-11-19(16-9-7-5-8-10-16)21-18-13-15(2)12-17(20)14-18/h5,7-10,12-14,19,21H,3-4,6,11H2,1-2H3. The lowest BCUT2D eigenvalue weighted by Crippen LogP contribution is -2.11. The summed E-state index contributed by atoms with van der Waals surface area (Å²) >= 11 is 0. The molecular formula is C19H24FN. The van der Waals surface area contributed by atoms with Gasteiger partial charge in [-0.2, -0.15) is 0 Å². The van der Waals surface area contributed by atoms with Crippen LogP contribution in [0.2, 0.25) is 0 Å². The maximum Gasteiger partial charge on any atom is 0.125 e. The molecule has 2 aromatic rings. The van der Waals surface area contributed by atoms with Crippen LogP contribution in [0.15, 0.2) is 48.5 Å². The number of rotatable bonds is 7. The zero-order valence-corrected chi connectivity index (χ0v) is 12.9. The van der Waals surface area contributed by atoms with Crippen LogP contribution in [0.4, 0.5) is 10.1 Å². The largest absolute Gasteiger partial charge is 0.378 e. The fraction of sp³-hybridized carbons (Fsp3) is 0.368. The first-order valence-corrected chi connectivity index (χ1v) is 7.77. The number of hydrogen-bond acceptors (Lipinski definition) is 1. The van der Waals surface area contributed by atoms with Crippen LogP contribution in [0.5, 0.6) is 0 Å². The summed E-state index contributed by atoms with van der Waals surface area (Å²) < 4.78 is 13.5. The number of unbranched alkanes of at least 4 members (excludes halogenated alkanes) is 2. The van der Waals surface area contributed by atoms with Crippen LogP contribution in [0.25, 0.3) is 0 Å². The van der Waals surface area contributed by atoms with Gasteiger partial charge in [-0.1, -0.05) is 56.5 Å². The summed E-state index contributed by atoms with van der Waals surface area (Å²) in [5.41, 5.74) is 3.06. The molecule has 0 spiro atoms. The maximum atomic E-state index is 13.5. The van der Waals surface area contributed by atoms with E-state index in [1.807, 2.05) is 19.1 Å². The van der Waals surface area contributed by atoms with Crippen molar-refractivity contribution in [2.24, 2.45) is 0 Å². The SMILES string of the molecule is CCCCCC(Nc1cc(C)cc(F)c1)c1ccccc1. The van der Waals surface area contributed by atoms with Crippen molar-refractivity contribution in [2.75, 3.05) is 5.32 Å². The van der Waals surface area contributed by atoms with E-state index in [0.29, 0.717) is 0 Å². The second-order valence-electron chi connectivity index (χ2n) is 5.62. The molecule has 112 valence electrons. The molecule has 2 aromatic carbocycles. The van der Waals surface area contributed by atoms with Gasteiger partial charge in [0.05, 0.1) is 6.04 Å². The molecule has 0 saturated heterocycles. The molecule has 0 bridgehead atoms. The van der Waals surface area contributed by atoms with E-state index in [4.69, 9.17) is 0 Å². The average Bonchev–Trinajstić information content (AvgIpc) is 2.46. The van der Waals surface area contributed by atoms with Crippen molar-refractivity contribution < 1.29 is 4.39 Å². The van der Waals surface area contributed by atoms with Gasteiger partial charge in [0.25, 0.3) is 0 Å². The van der Waals surface area contributed by atoms with Crippen molar-refractivity contribution in [2.45, 2.75) is 45.6 Å². The smallest absolute Gasteiger partial charge is 0.125 e. The van der Waals surface area contributed by atoms with Gasteiger partial charge in [0.2, 0.25) is 0 Å². The van der Waals surface area contributed by atoms with Crippen molar-refractivity contribution in [3.8, 4) is 0 Å². The highest BCUT2D eigenvalue weighted by Crippen LogP contribution is 2.26. The first-order chi connectivity index (χ1) is 10.2. The van der Waals surface area contributed by atoms with Crippen LogP contribution in [0.1, 0.15) is 49.8 Å². The topological polar surface area (TPSA) is 12.0 Å². The van der Waals surface area contributed by atoms with E-state index < -0.39 is 0 Å². The highest BCUT2D eigenvalue weighted by molar-refractivity contribution is 5.48. The fourth-order valence-corrected chi connectivity index (χ4v) is 2.63. The van der Waals surface area contributed by atoms with Crippen molar-refractivity contribution in [3.05, 3.63) is 65.5 Å². The van der Waals surface area contributed by atoms with E-state index in [-0.39, 0.29) is 11.9 Å². The van der Waals surface area contributed by atoms with Gasteiger partial charge in [-0.25, -0.2) is 4.39 Å². The number of anilines is 1. The minimum Gasteiger partial charge on any atom is -0.378 e. The van der Waals surface area contributed by atoms with Crippen LogP contribution in [-0.2, 0) is 0 Å². The normalized spacial score (nSPS) is 12.1. The predicted molar refractivity (Wildman–Crippen MR) is 88.1 cm³/mol. The Morgan fingerprint density at radius 1 is 1.05 bits per heavy atom. The Hall–Kier alpha value is -1.83. The van der Waals surface area contributed by atoms with Gasteiger partial charge in [0.15, 0.2) is 0 Å². The third kappa shape index (κ3) is 4.89. The predicted octanol–water partition coefficient (Wildman–Crippen LogP) is 5.87. The van der Waals surface area contributed by atoms with E-state index in [2.05, 4.69) is 36.5 Å². The lowest BCUT2D eigenvalue weighted by atomic mass is 10.00. The van der Waals surface area contributed by atoms with E-state index in [1.165, 1.54) is 24.8 Å². The summed E-state index contributed by atoms with van der Waals surface area (Å²) in [5, 5.41) is 3.50. The number of benzene rings is 2. The Balaban J connectivity index is 2.15. The Kier molecular flexibility index (Phi) is 5.79. The molecule has 0 aliphatic rings. The summed E-state index contributed by atoms with van der Waals surface area (Å²) in [6, 6.07) is 15.8. The zero-order chi connectivity index (χ0) is 15.1. The van der Waals surface area contributed by atoms with E-state index >= 15 is 0 Å². The first kappa shape index (κ1) is 15.6. The molecule has 0 fully saturated rings. The molecule has 1 N–H and O–H groups in total. The van der Waals surface area contributed by atoms with Crippen molar-refractivity contribution in [1.29, 1.82) is 0 Å². The molecule has 1 unspecified atom stereocenters. The highest BCUT2D eigenvalue weighted by Gasteiger charge is 2.11. The molecule has 0 radical (unpaired) electrons. The molecule has 0 heterocycles. The molecule has 2 heteroatoms. The Bertz CT molecular complexity index is 530. The fourth-order valence-electron chi connectivity index (χ4n) is 2.63. The summed E-state index contributed by atoms with van der Waals surface area (Å²) in [4.78, 5) is 0. The highest BCUT2D eigenvalue weighted by atomic mass is 19.1. The van der Waals surface area contributed by atoms with E-state index in [0.717, 1.165) is 17.7 Å². The minimum absolute atomic E-state index is 0.183. The molecule has 21 heavy (non-hydrogen) atoms. The Labute approximate surface area is 127 Å². The quantitative estimate of drug-likeness (QED) is 0.627.